The van der Waals surface area contributed by atoms with Crippen molar-refractivity contribution in [2.45, 2.75) is 19.4 Å². The third-order valence-corrected chi connectivity index (χ3v) is 4.86. The van der Waals surface area contributed by atoms with Gasteiger partial charge in [0.25, 0.3) is 0 Å². The van der Waals surface area contributed by atoms with E-state index in [0.29, 0.717) is 39.9 Å². The first-order valence-electron chi connectivity index (χ1n) is 9.77. The zero-order valence-corrected chi connectivity index (χ0v) is 17.6. The molecule has 156 valence electrons. The molecule has 3 aromatic rings. The van der Waals surface area contributed by atoms with Crippen molar-refractivity contribution < 1.29 is 10.2 Å². The Hall–Kier alpha value is -3.62. The number of aromatic nitrogens is 3. The molecule has 4 N–H and O–H groups in total. The number of pyridine rings is 1. The van der Waals surface area contributed by atoms with Crippen molar-refractivity contribution in [3.05, 3.63) is 72.6 Å². The molecule has 4 rings (SSSR count). The summed E-state index contributed by atoms with van der Waals surface area (Å²) in [6, 6.07) is 10.4. The van der Waals surface area contributed by atoms with Crippen LogP contribution in [-0.4, -0.2) is 36.4 Å². The van der Waals surface area contributed by atoms with Gasteiger partial charge in [-0.25, -0.2) is 15.0 Å². The molecule has 0 spiro atoms. The van der Waals surface area contributed by atoms with Gasteiger partial charge in [0.15, 0.2) is 10.8 Å². The smallest absolute Gasteiger partial charge is 0.180 e. The predicted octanol–water partition coefficient (Wildman–Crippen LogP) is 3.92. The highest BCUT2D eigenvalue weighted by atomic mass is 32.1. The Morgan fingerprint density at radius 3 is 2.61 bits per heavy atom. The summed E-state index contributed by atoms with van der Waals surface area (Å²) >= 11 is 5.25. The van der Waals surface area contributed by atoms with Gasteiger partial charge in [-0.05, 0) is 73.7 Å². The van der Waals surface area contributed by atoms with E-state index in [2.05, 4.69) is 15.6 Å². The fourth-order valence-corrected chi connectivity index (χ4v) is 3.30. The van der Waals surface area contributed by atoms with Crippen molar-refractivity contribution >= 4 is 39.9 Å². The maximum Gasteiger partial charge on any atom is 0.180 e. The number of aromatic hydroxyl groups is 1. The van der Waals surface area contributed by atoms with Gasteiger partial charge in [-0.2, -0.15) is 0 Å². The second-order valence-corrected chi connectivity index (χ2v) is 7.34. The number of benzene rings is 1. The number of hydrogen-bond acceptors (Lipinski definition) is 6. The molecular weight excluding hydrogens is 410 g/mol. The van der Waals surface area contributed by atoms with E-state index >= 15 is 0 Å². The quantitative estimate of drug-likeness (QED) is 0.461. The molecule has 1 aliphatic carbocycles. The van der Waals surface area contributed by atoms with Crippen LogP contribution in [0.25, 0.3) is 28.0 Å². The van der Waals surface area contributed by atoms with Crippen LogP contribution in [0, 0.1) is 0 Å². The minimum Gasteiger partial charge on any atom is -0.508 e. The van der Waals surface area contributed by atoms with Gasteiger partial charge in [0.2, 0.25) is 0 Å². The van der Waals surface area contributed by atoms with Crippen LogP contribution in [0.2, 0.25) is 0 Å². The number of nitrogens with zero attached hydrogens (tertiary/aromatic N) is 3. The minimum atomic E-state index is -0.496. The van der Waals surface area contributed by atoms with E-state index in [4.69, 9.17) is 22.2 Å². The molecule has 1 aromatic carbocycles. The van der Waals surface area contributed by atoms with Gasteiger partial charge in [0.05, 0.1) is 17.5 Å². The standard InChI is InChI=1S/C23H21N5O2S/c1-2-13-24-23(31)27-19-12-11-18-22(26-19)28-21(15-5-9-17(30)10-6-15)20(25-18)14-3-7-16(29)8-4-14/h2-7,9-13,16,29-30H,8H2,1H3,(H2,24,26,27,28,31)/b13-2+. The molecule has 31 heavy (non-hydrogen) atoms. The van der Waals surface area contributed by atoms with Crippen LogP contribution in [0.4, 0.5) is 5.82 Å². The zero-order chi connectivity index (χ0) is 21.8. The molecule has 0 fully saturated rings. The summed E-state index contributed by atoms with van der Waals surface area (Å²) in [5.74, 6) is 0.721. The van der Waals surface area contributed by atoms with Crippen molar-refractivity contribution in [3.63, 3.8) is 0 Å². The molecule has 0 amide bonds. The number of phenolic OH excluding ortho intramolecular Hbond substituents is 1. The van der Waals surface area contributed by atoms with Crippen LogP contribution in [-0.2, 0) is 0 Å². The van der Waals surface area contributed by atoms with Crippen molar-refractivity contribution in [2.24, 2.45) is 0 Å². The predicted molar refractivity (Wildman–Crippen MR) is 126 cm³/mol. The molecule has 8 heteroatoms. The lowest BCUT2D eigenvalue weighted by Crippen LogP contribution is -2.23. The van der Waals surface area contributed by atoms with Crippen LogP contribution in [0.5, 0.6) is 5.75 Å². The van der Waals surface area contributed by atoms with E-state index in [0.717, 1.165) is 11.1 Å². The van der Waals surface area contributed by atoms with Crippen LogP contribution >= 0.6 is 12.2 Å². The molecule has 0 aliphatic heterocycles. The first-order chi connectivity index (χ1) is 15.0. The van der Waals surface area contributed by atoms with Crippen molar-refractivity contribution in [1.82, 2.24) is 20.3 Å². The van der Waals surface area contributed by atoms with Gasteiger partial charge in [0.1, 0.15) is 17.1 Å². The third-order valence-electron chi connectivity index (χ3n) is 4.64. The van der Waals surface area contributed by atoms with E-state index in [1.807, 2.05) is 31.2 Å². The Bertz CT molecular complexity index is 1220. The number of allylic oxidation sites excluding steroid dienone is 3. The lowest BCUT2D eigenvalue weighted by molar-refractivity contribution is 0.226. The second kappa shape index (κ2) is 9.03. The van der Waals surface area contributed by atoms with Crippen molar-refractivity contribution in [1.29, 1.82) is 0 Å². The molecule has 7 nitrogen and oxygen atoms in total. The number of hydrogen-bond donors (Lipinski definition) is 4. The summed E-state index contributed by atoms with van der Waals surface area (Å²) in [5.41, 5.74) is 4.10. The Labute approximate surface area is 184 Å². The summed E-state index contributed by atoms with van der Waals surface area (Å²) in [5, 5.41) is 25.8. The number of rotatable bonds is 4. The molecule has 0 saturated heterocycles. The lowest BCUT2D eigenvalue weighted by Gasteiger charge is -2.15. The number of fused-ring (bicyclic) bond motifs is 1. The number of phenols is 1. The SMILES string of the molecule is C/C=C/NC(=S)Nc1ccc2nc(C3=CCC(O)C=C3)c(-c3ccc(O)cc3)nc2n1. The fraction of sp³-hybridized carbons (Fsp3) is 0.130. The average molecular weight is 432 g/mol. The Kier molecular flexibility index (Phi) is 6.01. The van der Waals surface area contributed by atoms with Gasteiger partial charge >= 0.3 is 0 Å². The van der Waals surface area contributed by atoms with E-state index in [-0.39, 0.29) is 5.75 Å². The normalized spacial score (nSPS) is 15.8. The highest BCUT2D eigenvalue weighted by Gasteiger charge is 2.17. The van der Waals surface area contributed by atoms with Crippen LogP contribution in [0.15, 0.2) is 66.9 Å². The molecule has 1 unspecified atom stereocenters. The van der Waals surface area contributed by atoms with Crippen molar-refractivity contribution in [2.75, 3.05) is 5.32 Å². The average Bonchev–Trinajstić information content (AvgIpc) is 2.78. The molecule has 0 saturated carbocycles. The number of aliphatic hydroxyl groups excluding tert-OH is 1. The van der Waals surface area contributed by atoms with Crippen LogP contribution in [0.3, 0.4) is 0 Å². The van der Waals surface area contributed by atoms with Crippen LogP contribution < -0.4 is 10.6 Å². The molecule has 1 atom stereocenters. The summed E-state index contributed by atoms with van der Waals surface area (Å²) in [7, 11) is 0. The van der Waals surface area contributed by atoms with Crippen LogP contribution in [0.1, 0.15) is 19.0 Å². The maximum atomic E-state index is 9.79. The number of thiocarbonyl (C=S) groups is 1. The Morgan fingerprint density at radius 2 is 1.90 bits per heavy atom. The largest absolute Gasteiger partial charge is 0.508 e. The molecule has 0 radical (unpaired) electrons. The second-order valence-electron chi connectivity index (χ2n) is 6.93. The summed E-state index contributed by atoms with van der Waals surface area (Å²) < 4.78 is 0. The fourth-order valence-electron chi connectivity index (χ4n) is 3.13. The van der Waals surface area contributed by atoms with Gasteiger partial charge in [-0.15, -0.1) is 0 Å². The first kappa shape index (κ1) is 20.6. The third kappa shape index (κ3) is 4.76. The molecule has 0 bridgehead atoms. The highest BCUT2D eigenvalue weighted by molar-refractivity contribution is 7.80. The Balaban J connectivity index is 1.79. The molecular formula is C23H21N5O2S. The Morgan fingerprint density at radius 1 is 1.10 bits per heavy atom. The molecule has 1 aliphatic rings. The van der Waals surface area contributed by atoms with Gasteiger partial charge in [0, 0.05) is 5.56 Å². The monoisotopic (exact) mass is 431 g/mol. The van der Waals surface area contributed by atoms with E-state index in [1.54, 1.807) is 42.6 Å². The summed E-state index contributed by atoms with van der Waals surface area (Å²) in [4.78, 5) is 14.2. The number of nitrogens with one attached hydrogen (secondary N) is 2. The zero-order valence-electron chi connectivity index (χ0n) is 16.8. The first-order valence-corrected chi connectivity index (χ1v) is 10.2. The summed E-state index contributed by atoms with van der Waals surface area (Å²) in [6.07, 6.45) is 9.12. The topological polar surface area (TPSA) is 103 Å². The summed E-state index contributed by atoms with van der Waals surface area (Å²) in [6.45, 7) is 1.89. The molecule has 2 aromatic heterocycles. The number of aliphatic hydroxyl groups is 1. The minimum absolute atomic E-state index is 0.172. The molecule has 2 heterocycles. The lowest BCUT2D eigenvalue weighted by atomic mass is 9.98. The van der Waals surface area contributed by atoms with E-state index in [9.17, 15) is 10.2 Å². The van der Waals surface area contributed by atoms with Gasteiger partial charge in [-0.3, -0.25) is 0 Å². The maximum absolute atomic E-state index is 9.79. The van der Waals surface area contributed by atoms with E-state index in [1.165, 1.54) is 0 Å². The highest BCUT2D eigenvalue weighted by Crippen LogP contribution is 2.31. The van der Waals surface area contributed by atoms with Gasteiger partial charge < -0.3 is 20.8 Å². The van der Waals surface area contributed by atoms with Crippen molar-refractivity contribution in [3.8, 4) is 17.0 Å². The van der Waals surface area contributed by atoms with Gasteiger partial charge in [-0.1, -0.05) is 24.3 Å². The number of anilines is 1. The van der Waals surface area contributed by atoms with E-state index < -0.39 is 6.10 Å².